The van der Waals surface area contributed by atoms with Gasteiger partial charge in [0.2, 0.25) is 5.28 Å². The summed E-state index contributed by atoms with van der Waals surface area (Å²) in [5.74, 6) is 0.573. The zero-order valence-corrected chi connectivity index (χ0v) is 10.9. The number of hydrogen-bond donors (Lipinski definition) is 3. The second-order valence-corrected chi connectivity index (χ2v) is 5.00. The number of anilines is 1. The molecule has 0 spiro atoms. The maximum Gasteiger partial charge on any atom is 0.226 e. The Kier molecular flexibility index (Phi) is 3.26. The normalized spacial score (nSPS) is 18.6. The van der Waals surface area contributed by atoms with Crippen LogP contribution in [0.1, 0.15) is 12.8 Å². The average Bonchev–Trinajstić information content (AvgIpc) is 2.85. The minimum atomic E-state index is -0.772. The molecule has 0 unspecified atom stereocenters. The van der Waals surface area contributed by atoms with E-state index in [0.29, 0.717) is 44.1 Å². The van der Waals surface area contributed by atoms with Crippen molar-refractivity contribution in [2.24, 2.45) is 0 Å². The van der Waals surface area contributed by atoms with Crippen molar-refractivity contribution in [2.75, 3.05) is 25.1 Å². The summed E-state index contributed by atoms with van der Waals surface area (Å²) in [6.45, 7) is 1.54. The molecular formula is C11H14ClN5O2. The van der Waals surface area contributed by atoms with Crippen LogP contribution in [0.4, 0.5) is 5.82 Å². The third-order valence-electron chi connectivity index (χ3n) is 3.29. The number of nitrogens with one attached hydrogen (secondary N) is 2. The van der Waals surface area contributed by atoms with Gasteiger partial charge in [-0.3, -0.25) is 5.10 Å². The molecule has 3 heterocycles. The summed E-state index contributed by atoms with van der Waals surface area (Å²) in [6, 6.07) is 0. The van der Waals surface area contributed by atoms with Crippen molar-refractivity contribution in [1.29, 1.82) is 0 Å². The molecule has 2 aromatic heterocycles. The van der Waals surface area contributed by atoms with Gasteiger partial charge >= 0.3 is 0 Å². The molecule has 1 aliphatic heterocycles. The van der Waals surface area contributed by atoms with E-state index in [9.17, 15) is 5.11 Å². The first-order valence-corrected chi connectivity index (χ1v) is 6.45. The predicted molar refractivity (Wildman–Crippen MR) is 70.2 cm³/mol. The van der Waals surface area contributed by atoms with E-state index in [2.05, 4.69) is 25.5 Å². The number of nitrogens with zero attached hydrogens (tertiary/aromatic N) is 3. The predicted octanol–water partition coefficient (Wildman–Crippen LogP) is 0.960. The summed E-state index contributed by atoms with van der Waals surface area (Å²) in [5, 5.41) is 21.0. The van der Waals surface area contributed by atoms with Gasteiger partial charge in [-0.05, 0) is 11.6 Å². The molecular weight excluding hydrogens is 270 g/mol. The number of aliphatic hydroxyl groups is 1. The summed E-state index contributed by atoms with van der Waals surface area (Å²) in [4.78, 5) is 8.15. The fourth-order valence-electron chi connectivity index (χ4n) is 2.12. The Hall–Kier alpha value is -1.44. The molecule has 1 fully saturated rings. The highest BCUT2D eigenvalue weighted by Crippen LogP contribution is 2.24. The minimum Gasteiger partial charge on any atom is -0.388 e. The van der Waals surface area contributed by atoms with Crippen molar-refractivity contribution >= 4 is 28.5 Å². The molecule has 0 bridgehead atoms. The zero-order valence-electron chi connectivity index (χ0n) is 10.2. The summed E-state index contributed by atoms with van der Waals surface area (Å²) in [5.41, 5.74) is -0.201. The number of aromatic nitrogens is 4. The number of aromatic amines is 1. The van der Waals surface area contributed by atoms with E-state index in [4.69, 9.17) is 16.3 Å². The summed E-state index contributed by atoms with van der Waals surface area (Å²) in [6.07, 6.45) is 2.84. The lowest BCUT2D eigenvalue weighted by atomic mass is 9.94. The van der Waals surface area contributed by atoms with Gasteiger partial charge in [-0.15, -0.1) is 0 Å². The smallest absolute Gasteiger partial charge is 0.226 e. The second-order valence-electron chi connectivity index (χ2n) is 4.66. The standard InChI is InChI=1S/C11H14ClN5O2/c12-10-15-8(7-5-14-17-9(7)16-10)13-6-11(18)1-3-19-4-2-11/h5,18H,1-4,6H2,(H2,13,14,15,16,17). The first kappa shape index (κ1) is 12.6. The van der Waals surface area contributed by atoms with Crippen LogP contribution in [0.15, 0.2) is 6.20 Å². The van der Waals surface area contributed by atoms with Crippen LogP contribution in [0, 0.1) is 0 Å². The van der Waals surface area contributed by atoms with Crippen LogP contribution >= 0.6 is 11.6 Å². The molecule has 0 amide bonds. The van der Waals surface area contributed by atoms with Gasteiger partial charge in [0.15, 0.2) is 5.65 Å². The van der Waals surface area contributed by atoms with Crippen LogP contribution < -0.4 is 5.32 Å². The fraction of sp³-hybridized carbons (Fsp3) is 0.545. The summed E-state index contributed by atoms with van der Waals surface area (Å²) in [7, 11) is 0. The zero-order chi connectivity index (χ0) is 13.3. The molecule has 0 aromatic carbocycles. The van der Waals surface area contributed by atoms with Gasteiger partial charge in [-0.2, -0.15) is 15.1 Å². The maximum absolute atomic E-state index is 10.4. The molecule has 7 nitrogen and oxygen atoms in total. The first-order valence-electron chi connectivity index (χ1n) is 6.07. The Balaban J connectivity index is 1.79. The molecule has 0 radical (unpaired) electrons. The van der Waals surface area contributed by atoms with E-state index < -0.39 is 5.60 Å². The van der Waals surface area contributed by atoms with Crippen molar-refractivity contribution in [3.05, 3.63) is 11.5 Å². The van der Waals surface area contributed by atoms with E-state index in [1.807, 2.05) is 0 Å². The molecule has 1 saturated heterocycles. The molecule has 1 aliphatic rings. The average molecular weight is 284 g/mol. The van der Waals surface area contributed by atoms with E-state index in [1.54, 1.807) is 6.20 Å². The van der Waals surface area contributed by atoms with Crippen molar-refractivity contribution < 1.29 is 9.84 Å². The minimum absolute atomic E-state index is 0.137. The quantitative estimate of drug-likeness (QED) is 0.726. The second kappa shape index (κ2) is 4.92. The van der Waals surface area contributed by atoms with Crippen molar-refractivity contribution in [2.45, 2.75) is 18.4 Å². The Labute approximate surface area is 114 Å². The van der Waals surface area contributed by atoms with E-state index in [1.165, 1.54) is 0 Å². The Bertz CT molecular complexity index is 581. The van der Waals surface area contributed by atoms with Crippen LogP contribution in [0.3, 0.4) is 0 Å². The van der Waals surface area contributed by atoms with Gasteiger partial charge < -0.3 is 15.2 Å². The van der Waals surface area contributed by atoms with Gasteiger partial charge in [0.05, 0.1) is 17.2 Å². The number of H-pyrrole nitrogens is 1. The van der Waals surface area contributed by atoms with Crippen LogP contribution in [0.2, 0.25) is 5.28 Å². The molecule has 0 atom stereocenters. The highest BCUT2D eigenvalue weighted by molar-refractivity contribution is 6.28. The van der Waals surface area contributed by atoms with E-state index in [0.717, 1.165) is 5.39 Å². The van der Waals surface area contributed by atoms with Gasteiger partial charge in [-0.25, -0.2) is 0 Å². The molecule has 2 aromatic rings. The lowest BCUT2D eigenvalue weighted by Gasteiger charge is -2.32. The van der Waals surface area contributed by atoms with Gasteiger partial charge in [0.25, 0.3) is 0 Å². The van der Waals surface area contributed by atoms with Gasteiger partial charge in [0.1, 0.15) is 5.82 Å². The third kappa shape index (κ3) is 2.63. The van der Waals surface area contributed by atoms with Crippen molar-refractivity contribution in [3.63, 3.8) is 0 Å². The number of fused-ring (bicyclic) bond motifs is 1. The summed E-state index contributed by atoms with van der Waals surface area (Å²) >= 11 is 5.84. The lowest BCUT2D eigenvalue weighted by Crippen LogP contribution is -2.42. The molecule has 0 aliphatic carbocycles. The van der Waals surface area contributed by atoms with Gasteiger partial charge in [-0.1, -0.05) is 0 Å². The Morgan fingerprint density at radius 2 is 2.21 bits per heavy atom. The summed E-state index contributed by atoms with van der Waals surface area (Å²) < 4.78 is 5.24. The van der Waals surface area contributed by atoms with Crippen molar-refractivity contribution in [3.8, 4) is 0 Å². The van der Waals surface area contributed by atoms with E-state index in [-0.39, 0.29) is 5.28 Å². The molecule has 0 saturated carbocycles. The van der Waals surface area contributed by atoms with Crippen LogP contribution in [-0.2, 0) is 4.74 Å². The molecule has 8 heteroatoms. The van der Waals surface area contributed by atoms with Crippen LogP contribution in [0.5, 0.6) is 0 Å². The molecule has 3 N–H and O–H groups in total. The number of rotatable bonds is 3. The largest absolute Gasteiger partial charge is 0.388 e. The maximum atomic E-state index is 10.4. The first-order chi connectivity index (χ1) is 9.16. The number of halogens is 1. The third-order valence-corrected chi connectivity index (χ3v) is 3.46. The monoisotopic (exact) mass is 283 g/mol. The van der Waals surface area contributed by atoms with Crippen molar-refractivity contribution in [1.82, 2.24) is 20.2 Å². The highest BCUT2D eigenvalue weighted by atomic mass is 35.5. The van der Waals surface area contributed by atoms with Gasteiger partial charge in [0, 0.05) is 32.6 Å². The molecule has 102 valence electrons. The number of hydrogen-bond acceptors (Lipinski definition) is 6. The Morgan fingerprint density at radius 3 is 3.00 bits per heavy atom. The molecule has 3 rings (SSSR count). The topological polar surface area (TPSA) is 96.0 Å². The van der Waals surface area contributed by atoms with Crippen LogP contribution in [-0.4, -0.2) is 50.6 Å². The van der Waals surface area contributed by atoms with Crippen LogP contribution in [0.25, 0.3) is 11.0 Å². The van der Waals surface area contributed by atoms with E-state index >= 15 is 0 Å². The lowest BCUT2D eigenvalue weighted by molar-refractivity contribution is -0.0543. The molecule has 19 heavy (non-hydrogen) atoms. The SMILES string of the molecule is OC1(CNc2nc(Cl)nc3[nH]ncc23)CCOCC1. The highest BCUT2D eigenvalue weighted by Gasteiger charge is 2.29. The fourth-order valence-corrected chi connectivity index (χ4v) is 2.29. The number of ether oxygens (including phenoxy) is 1. The Morgan fingerprint density at radius 1 is 1.42 bits per heavy atom.